The number of hydrogen-bond acceptors (Lipinski definition) is 9. The van der Waals surface area contributed by atoms with Gasteiger partial charge in [-0.3, -0.25) is 23.9 Å². The number of anilines is 2. The number of fused-ring (bicyclic) bond motifs is 1. The molecule has 1 unspecified atom stereocenters. The van der Waals surface area contributed by atoms with Crippen LogP contribution in [0.5, 0.6) is 0 Å². The van der Waals surface area contributed by atoms with E-state index in [1.165, 1.54) is 11.2 Å². The average molecular weight is 796 g/mol. The minimum absolute atomic E-state index is 0.0226. The Morgan fingerprint density at radius 1 is 0.982 bits per heavy atom. The van der Waals surface area contributed by atoms with Crippen molar-refractivity contribution in [3.63, 3.8) is 0 Å². The molecule has 2 N–H and O–H groups in total. The molecule has 2 aromatic carbocycles. The van der Waals surface area contributed by atoms with E-state index in [1.54, 1.807) is 12.3 Å². The third-order valence-electron chi connectivity index (χ3n) is 10.7. The van der Waals surface area contributed by atoms with Crippen LogP contribution in [0, 0.1) is 11.6 Å². The molecule has 4 aromatic rings. The van der Waals surface area contributed by atoms with Crippen LogP contribution in [0.3, 0.4) is 0 Å². The fraction of sp³-hybridized carbons (Fsp3) is 0.475. The molecule has 300 valence electrons. The molecule has 0 saturated carbocycles. The van der Waals surface area contributed by atoms with Crippen LogP contribution in [0.4, 0.5) is 24.5 Å². The normalized spacial score (nSPS) is 20.0. The molecule has 3 aliphatic rings. The predicted octanol–water partition coefficient (Wildman–Crippen LogP) is 5.96. The summed E-state index contributed by atoms with van der Waals surface area (Å²) >= 11 is -2.81. The van der Waals surface area contributed by atoms with Crippen molar-refractivity contribution in [3.05, 3.63) is 77.6 Å². The van der Waals surface area contributed by atoms with E-state index >= 15 is 8.78 Å². The fourth-order valence-corrected chi connectivity index (χ4v) is 8.66. The lowest BCUT2D eigenvalue weighted by Gasteiger charge is -2.39. The Hall–Kier alpha value is -4.35. The number of carbonyl (C=O) groups is 2. The van der Waals surface area contributed by atoms with E-state index in [-0.39, 0.29) is 31.0 Å². The number of hydrogen-bond donors (Lipinski definition) is 2. The minimum atomic E-state index is -2.81. The van der Waals surface area contributed by atoms with Crippen LogP contribution < -0.4 is 9.31 Å². The van der Waals surface area contributed by atoms with Gasteiger partial charge in [0.15, 0.2) is 5.82 Å². The number of piperidine rings is 1. The third kappa shape index (κ3) is 8.79. The van der Waals surface area contributed by atoms with Crippen LogP contribution in [0.2, 0.25) is 0 Å². The molecule has 2 atom stereocenters. The zero-order valence-electron chi connectivity index (χ0n) is 31.8. The summed E-state index contributed by atoms with van der Waals surface area (Å²) < 4.78 is 73.5. The molecule has 0 spiro atoms. The molecular formula is C40H48F3N7O5S. The molecule has 3 fully saturated rings. The summed E-state index contributed by atoms with van der Waals surface area (Å²) in [5, 5.41) is 1.52. The van der Waals surface area contributed by atoms with Gasteiger partial charge in [-0.15, -0.1) is 0 Å². The number of hydrazine groups is 1. The Kier molecular flexibility index (Phi) is 11.8. The summed E-state index contributed by atoms with van der Waals surface area (Å²) in [6.07, 6.45) is 4.88. The lowest BCUT2D eigenvalue weighted by molar-refractivity contribution is -0.156. The number of rotatable bonds is 10. The first-order valence-electron chi connectivity index (χ1n) is 19.1. The predicted molar refractivity (Wildman–Crippen MR) is 209 cm³/mol. The first-order valence-corrected chi connectivity index (χ1v) is 20.2. The van der Waals surface area contributed by atoms with E-state index in [0.717, 1.165) is 81.9 Å². The number of halogens is 3. The zero-order chi connectivity index (χ0) is 39.7. The average Bonchev–Trinajstić information content (AvgIpc) is 3.71. The van der Waals surface area contributed by atoms with Crippen molar-refractivity contribution in [1.29, 1.82) is 0 Å². The van der Waals surface area contributed by atoms with Gasteiger partial charge in [-0.25, -0.2) is 27.4 Å². The Labute approximate surface area is 327 Å². The molecular weight excluding hydrogens is 748 g/mol. The zero-order valence-corrected chi connectivity index (χ0v) is 32.7. The number of H-pyrrole nitrogens is 1. The largest absolute Gasteiger partial charge is 0.459 e. The highest BCUT2D eigenvalue weighted by molar-refractivity contribution is 7.80. The number of nitrogens with one attached hydrogen (secondary N) is 1. The SMILES string of the molecule is CC(C)(C)OC(=O)CN1CCCN(C2CCN(c3ccc(-c4cnc5[nH]cc(C(=O)c6c(F)ccc(N(N7CC[C@@H](F)C7)S(=O)O)c6F)c5c4)cc3)CC2)CC1. The molecule has 2 aromatic heterocycles. The van der Waals surface area contributed by atoms with Gasteiger partial charge in [0.2, 0.25) is 5.78 Å². The highest BCUT2D eigenvalue weighted by Gasteiger charge is 2.34. The van der Waals surface area contributed by atoms with Gasteiger partial charge in [-0.1, -0.05) is 12.1 Å². The molecule has 7 rings (SSSR count). The summed E-state index contributed by atoms with van der Waals surface area (Å²) in [5.74, 6) is -3.62. The van der Waals surface area contributed by atoms with E-state index in [9.17, 15) is 22.7 Å². The summed E-state index contributed by atoms with van der Waals surface area (Å²) in [6, 6.07) is 12.1. The van der Waals surface area contributed by atoms with Crippen LogP contribution in [0.25, 0.3) is 22.2 Å². The molecule has 5 heterocycles. The van der Waals surface area contributed by atoms with E-state index in [0.29, 0.717) is 33.6 Å². The van der Waals surface area contributed by atoms with Crippen LogP contribution in [-0.4, -0.2) is 122 Å². The van der Waals surface area contributed by atoms with Crippen molar-refractivity contribution in [2.45, 2.75) is 64.3 Å². The maximum atomic E-state index is 16.0. The fourth-order valence-electron chi connectivity index (χ4n) is 8.01. The van der Waals surface area contributed by atoms with Crippen molar-refractivity contribution in [1.82, 2.24) is 24.8 Å². The van der Waals surface area contributed by atoms with E-state index < -0.39 is 51.7 Å². The number of pyridine rings is 1. The molecule has 0 bridgehead atoms. The minimum Gasteiger partial charge on any atom is -0.459 e. The molecule has 16 heteroatoms. The highest BCUT2D eigenvalue weighted by atomic mass is 32.2. The van der Waals surface area contributed by atoms with Crippen LogP contribution in [0.1, 0.15) is 62.4 Å². The van der Waals surface area contributed by atoms with Crippen molar-refractivity contribution < 1.29 is 36.3 Å². The molecule has 56 heavy (non-hydrogen) atoms. The number of carbonyl (C=O) groups excluding carboxylic acids is 2. The number of esters is 1. The van der Waals surface area contributed by atoms with Crippen molar-refractivity contribution in [2.75, 3.05) is 68.2 Å². The maximum Gasteiger partial charge on any atom is 0.320 e. The topological polar surface area (TPSA) is 126 Å². The quantitative estimate of drug-likeness (QED) is 0.113. The molecule has 3 aliphatic heterocycles. The Morgan fingerprint density at radius 2 is 1.73 bits per heavy atom. The summed E-state index contributed by atoms with van der Waals surface area (Å²) in [4.78, 5) is 40.7. The van der Waals surface area contributed by atoms with Gasteiger partial charge in [0.25, 0.3) is 11.3 Å². The van der Waals surface area contributed by atoms with Crippen molar-refractivity contribution >= 4 is 45.4 Å². The lowest BCUT2D eigenvalue weighted by Crippen LogP contribution is -2.46. The third-order valence-corrected chi connectivity index (χ3v) is 11.5. The smallest absolute Gasteiger partial charge is 0.320 e. The van der Waals surface area contributed by atoms with Gasteiger partial charge in [0.05, 0.1) is 18.7 Å². The number of ketones is 1. The van der Waals surface area contributed by atoms with Gasteiger partial charge in [-0.05, 0) is 88.9 Å². The number of aromatic nitrogens is 2. The number of nitrogens with zero attached hydrogens (tertiary/aromatic N) is 6. The summed E-state index contributed by atoms with van der Waals surface area (Å²) in [6.45, 7) is 11.3. The highest BCUT2D eigenvalue weighted by Crippen LogP contribution is 2.33. The molecule has 0 radical (unpaired) electrons. The van der Waals surface area contributed by atoms with Crippen LogP contribution in [0.15, 0.2) is 54.9 Å². The number of ether oxygens (including phenoxy) is 1. The second-order valence-electron chi connectivity index (χ2n) is 15.7. The van der Waals surface area contributed by atoms with Gasteiger partial charge in [-0.2, -0.15) is 4.41 Å². The number of benzene rings is 2. The maximum absolute atomic E-state index is 16.0. The second kappa shape index (κ2) is 16.6. The second-order valence-corrected chi connectivity index (χ2v) is 16.5. The van der Waals surface area contributed by atoms with E-state index in [4.69, 9.17) is 4.74 Å². The van der Waals surface area contributed by atoms with E-state index in [1.807, 2.05) is 32.9 Å². The summed E-state index contributed by atoms with van der Waals surface area (Å²) in [5.41, 5.74) is 1.06. The molecule has 12 nitrogen and oxygen atoms in total. The lowest BCUT2D eigenvalue weighted by atomic mass is 9.99. The van der Waals surface area contributed by atoms with Gasteiger partial charge < -0.3 is 14.6 Å². The Morgan fingerprint density at radius 3 is 2.41 bits per heavy atom. The van der Waals surface area contributed by atoms with Gasteiger partial charge >= 0.3 is 5.97 Å². The van der Waals surface area contributed by atoms with Gasteiger partial charge in [0.1, 0.15) is 28.9 Å². The Balaban J connectivity index is 1.01. The molecule has 0 aliphatic carbocycles. The van der Waals surface area contributed by atoms with Gasteiger partial charge in [0, 0.05) is 79.9 Å². The number of alkyl halides is 1. The Bertz CT molecular complexity index is 2090. The van der Waals surface area contributed by atoms with Crippen molar-refractivity contribution in [3.8, 4) is 11.1 Å². The van der Waals surface area contributed by atoms with Crippen molar-refractivity contribution in [2.24, 2.45) is 0 Å². The molecule has 0 amide bonds. The monoisotopic (exact) mass is 795 g/mol. The van der Waals surface area contributed by atoms with Crippen LogP contribution in [-0.2, 0) is 20.8 Å². The summed E-state index contributed by atoms with van der Waals surface area (Å²) in [7, 11) is 0. The molecule has 3 saturated heterocycles. The standard InChI is InChI=1S/C40H48F3N7O5S/c1-40(2,3)55-35(51)25-46-14-4-15-47(20-19-46)30-12-16-48(17-13-30)29-7-5-26(6-8-29)27-21-31-32(23-45-39(31)44-22-27)38(52)36-33(42)9-10-34(37(36)43)50(56(53)54)49-18-11-28(41)24-49/h5-10,21-23,28,30H,4,11-20,24-25H2,1-3H3,(H,44,45)(H,53,54)/t28-/m1/s1. The first-order chi connectivity index (χ1) is 26.8. The van der Waals surface area contributed by atoms with Crippen LogP contribution >= 0.6 is 0 Å². The first kappa shape index (κ1) is 39.9. The number of aromatic amines is 1. The van der Waals surface area contributed by atoms with E-state index in [2.05, 4.69) is 36.8 Å².